The Labute approximate surface area is 126 Å². The summed E-state index contributed by atoms with van der Waals surface area (Å²) < 4.78 is 6.63. The van der Waals surface area contributed by atoms with Crippen LogP contribution in [0.5, 0.6) is 11.5 Å². The Bertz CT molecular complexity index is 597. The van der Waals surface area contributed by atoms with Crippen molar-refractivity contribution in [1.29, 1.82) is 0 Å². The van der Waals surface area contributed by atoms with Crippen LogP contribution in [0.3, 0.4) is 0 Å². The molecule has 2 nitrogen and oxygen atoms in total. The quantitative estimate of drug-likeness (QED) is 0.825. The van der Waals surface area contributed by atoms with Crippen LogP contribution >= 0.6 is 27.5 Å². The van der Waals surface area contributed by atoms with Gasteiger partial charge in [-0.1, -0.05) is 33.6 Å². The minimum atomic E-state index is -0.513. The fourth-order valence-electron chi connectivity index (χ4n) is 1.76. The third-order valence-corrected chi connectivity index (χ3v) is 3.71. The molecule has 0 bridgehead atoms. The van der Waals surface area contributed by atoms with Gasteiger partial charge in [0.25, 0.3) is 0 Å². The van der Waals surface area contributed by atoms with E-state index >= 15 is 0 Å². The fraction of sp³-hybridized carbons (Fsp3) is 0.200. The van der Waals surface area contributed by atoms with Gasteiger partial charge < -0.3 is 9.84 Å². The smallest absolute Gasteiger partial charge is 0.130 e. The summed E-state index contributed by atoms with van der Waals surface area (Å²) in [6, 6.07) is 11.0. The van der Waals surface area contributed by atoms with Crippen molar-refractivity contribution in [3.8, 4) is 11.5 Å². The van der Waals surface area contributed by atoms with Crippen LogP contribution in [0, 0.1) is 6.92 Å². The van der Waals surface area contributed by atoms with Crippen molar-refractivity contribution in [2.45, 2.75) is 20.0 Å². The summed E-state index contributed by atoms with van der Waals surface area (Å²) in [5.41, 5.74) is 1.81. The first-order valence-electron chi connectivity index (χ1n) is 5.89. The van der Waals surface area contributed by atoms with Crippen LogP contribution in [0.1, 0.15) is 24.2 Å². The lowest BCUT2D eigenvalue weighted by molar-refractivity contribution is 0.198. The zero-order valence-electron chi connectivity index (χ0n) is 10.7. The number of halogens is 2. The van der Waals surface area contributed by atoms with E-state index in [4.69, 9.17) is 16.3 Å². The Kier molecular flexibility index (Phi) is 4.50. The molecule has 0 spiro atoms. The molecule has 0 unspecified atom stereocenters. The minimum absolute atomic E-state index is 0.513. The summed E-state index contributed by atoms with van der Waals surface area (Å²) >= 11 is 9.34. The van der Waals surface area contributed by atoms with Crippen LogP contribution in [0.2, 0.25) is 5.02 Å². The Balaban J connectivity index is 2.26. The normalized spacial score (nSPS) is 12.3. The van der Waals surface area contributed by atoms with E-state index in [2.05, 4.69) is 15.9 Å². The first-order valence-corrected chi connectivity index (χ1v) is 7.06. The molecule has 0 saturated heterocycles. The molecule has 0 radical (unpaired) electrons. The summed E-state index contributed by atoms with van der Waals surface area (Å²) in [5.74, 6) is 1.47. The van der Waals surface area contributed by atoms with Crippen molar-refractivity contribution in [2.75, 3.05) is 0 Å². The third kappa shape index (κ3) is 3.50. The maximum absolute atomic E-state index is 9.57. The molecule has 2 rings (SSSR count). The van der Waals surface area contributed by atoms with E-state index in [1.807, 2.05) is 37.3 Å². The molecule has 0 aliphatic rings. The van der Waals surface area contributed by atoms with Crippen LogP contribution in [0.25, 0.3) is 0 Å². The zero-order chi connectivity index (χ0) is 14.0. The van der Waals surface area contributed by atoms with Gasteiger partial charge in [-0.25, -0.2) is 0 Å². The average Bonchev–Trinajstić information content (AvgIpc) is 2.32. The van der Waals surface area contributed by atoms with Gasteiger partial charge in [-0.05, 0) is 55.3 Å². The van der Waals surface area contributed by atoms with Gasteiger partial charge in [0.2, 0.25) is 0 Å². The lowest BCUT2D eigenvalue weighted by Gasteiger charge is -2.12. The molecule has 0 heterocycles. The van der Waals surface area contributed by atoms with Crippen molar-refractivity contribution >= 4 is 27.5 Å². The second-order valence-corrected chi connectivity index (χ2v) is 5.66. The Morgan fingerprint density at radius 2 is 1.95 bits per heavy atom. The summed E-state index contributed by atoms with van der Waals surface area (Å²) in [5, 5.41) is 10.3. The maximum Gasteiger partial charge on any atom is 0.130 e. The molecule has 1 N–H and O–H groups in total. The summed E-state index contributed by atoms with van der Waals surface area (Å²) in [6.07, 6.45) is -0.513. The number of aryl methyl sites for hydroxylation is 1. The molecule has 0 fully saturated rings. The van der Waals surface area contributed by atoms with Crippen molar-refractivity contribution in [3.05, 3.63) is 57.0 Å². The van der Waals surface area contributed by atoms with E-state index < -0.39 is 6.10 Å². The Morgan fingerprint density at radius 3 is 2.53 bits per heavy atom. The SMILES string of the molecule is Cc1cc(Cl)ccc1Oc1ccc([C@@H](C)O)c(Br)c1. The number of rotatable bonds is 3. The van der Waals surface area contributed by atoms with E-state index in [9.17, 15) is 5.11 Å². The Morgan fingerprint density at radius 1 is 1.21 bits per heavy atom. The van der Waals surface area contributed by atoms with Gasteiger partial charge in [0.1, 0.15) is 11.5 Å². The first kappa shape index (κ1) is 14.4. The molecule has 0 amide bonds. The molecule has 2 aromatic rings. The van der Waals surface area contributed by atoms with E-state index in [1.165, 1.54) is 0 Å². The largest absolute Gasteiger partial charge is 0.457 e. The van der Waals surface area contributed by atoms with Crippen LogP contribution in [-0.2, 0) is 0 Å². The van der Waals surface area contributed by atoms with Crippen LogP contribution in [-0.4, -0.2) is 5.11 Å². The topological polar surface area (TPSA) is 29.5 Å². The molecular weight excluding hydrogens is 328 g/mol. The van der Waals surface area contributed by atoms with Crippen LogP contribution < -0.4 is 4.74 Å². The molecule has 0 aromatic heterocycles. The van der Waals surface area contributed by atoms with Gasteiger partial charge in [0, 0.05) is 9.50 Å². The lowest BCUT2D eigenvalue weighted by Crippen LogP contribution is -1.94. The highest BCUT2D eigenvalue weighted by atomic mass is 79.9. The van der Waals surface area contributed by atoms with Crippen molar-refractivity contribution in [2.24, 2.45) is 0 Å². The molecule has 1 atom stereocenters. The molecule has 2 aromatic carbocycles. The number of aliphatic hydroxyl groups is 1. The zero-order valence-corrected chi connectivity index (χ0v) is 13.0. The van der Waals surface area contributed by atoms with Gasteiger partial charge in [0.05, 0.1) is 6.10 Å². The second-order valence-electron chi connectivity index (χ2n) is 4.37. The van der Waals surface area contributed by atoms with E-state index in [0.717, 1.165) is 21.3 Å². The number of aliphatic hydroxyl groups excluding tert-OH is 1. The predicted octanol–water partition coefficient (Wildman–Crippen LogP) is 5.26. The third-order valence-electron chi connectivity index (χ3n) is 2.79. The van der Waals surface area contributed by atoms with Gasteiger partial charge in [-0.3, -0.25) is 0 Å². The highest BCUT2D eigenvalue weighted by Crippen LogP contribution is 2.32. The van der Waals surface area contributed by atoms with E-state index in [1.54, 1.807) is 13.0 Å². The monoisotopic (exact) mass is 340 g/mol. The average molecular weight is 342 g/mol. The second kappa shape index (κ2) is 5.95. The predicted molar refractivity (Wildman–Crippen MR) is 81.0 cm³/mol. The van der Waals surface area contributed by atoms with Crippen molar-refractivity contribution in [1.82, 2.24) is 0 Å². The van der Waals surface area contributed by atoms with Crippen molar-refractivity contribution < 1.29 is 9.84 Å². The summed E-state index contributed by atoms with van der Waals surface area (Å²) in [6.45, 7) is 3.67. The van der Waals surface area contributed by atoms with Gasteiger partial charge in [-0.2, -0.15) is 0 Å². The molecule has 4 heteroatoms. The number of hydrogen-bond donors (Lipinski definition) is 1. The van der Waals surface area contributed by atoms with Gasteiger partial charge in [0.15, 0.2) is 0 Å². The highest BCUT2D eigenvalue weighted by Gasteiger charge is 2.08. The van der Waals surface area contributed by atoms with Crippen LogP contribution in [0.4, 0.5) is 0 Å². The number of hydrogen-bond acceptors (Lipinski definition) is 2. The van der Waals surface area contributed by atoms with E-state index in [0.29, 0.717) is 10.8 Å². The van der Waals surface area contributed by atoms with E-state index in [-0.39, 0.29) is 0 Å². The lowest BCUT2D eigenvalue weighted by atomic mass is 10.1. The maximum atomic E-state index is 9.57. The molecule has 0 aliphatic carbocycles. The first-order chi connectivity index (χ1) is 8.97. The fourth-order valence-corrected chi connectivity index (χ4v) is 2.68. The standard InChI is InChI=1S/C15H14BrClO2/c1-9-7-11(17)3-6-15(9)19-12-4-5-13(10(2)18)14(16)8-12/h3-8,10,18H,1-2H3/t10-/m1/s1. The molecule has 0 aliphatic heterocycles. The molecule has 0 saturated carbocycles. The van der Waals surface area contributed by atoms with Crippen molar-refractivity contribution in [3.63, 3.8) is 0 Å². The highest BCUT2D eigenvalue weighted by molar-refractivity contribution is 9.10. The van der Waals surface area contributed by atoms with Crippen LogP contribution in [0.15, 0.2) is 40.9 Å². The van der Waals surface area contributed by atoms with Gasteiger partial charge >= 0.3 is 0 Å². The molecule has 100 valence electrons. The number of benzene rings is 2. The summed E-state index contributed by atoms with van der Waals surface area (Å²) in [7, 11) is 0. The number of ether oxygens (including phenoxy) is 1. The molecular formula is C15H14BrClO2. The molecule has 19 heavy (non-hydrogen) atoms. The summed E-state index contributed by atoms with van der Waals surface area (Å²) in [4.78, 5) is 0. The Hall–Kier alpha value is -1.03. The minimum Gasteiger partial charge on any atom is -0.457 e. The van der Waals surface area contributed by atoms with Gasteiger partial charge in [-0.15, -0.1) is 0 Å².